The zero-order valence-corrected chi connectivity index (χ0v) is 8.47. The Labute approximate surface area is 82.0 Å². The molecule has 1 saturated heterocycles. The van der Waals surface area contributed by atoms with E-state index in [9.17, 15) is 13.2 Å². The summed E-state index contributed by atoms with van der Waals surface area (Å²) in [5.74, 6) is 0. The summed E-state index contributed by atoms with van der Waals surface area (Å²) in [5.41, 5.74) is 0. The summed E-state index contributed by atoms with van der Waals surface area (Å²) in [6, 6.07) is -0.366. The van der Waals surface area contributed by atoms with Crippen molar-refractivity contribution in [1.82, 2.24) is 4.90 Å². The summed E-state index contributed by atoms with van der Waals surface area (Å²) < 4.78 is 41.7. The van der Waals surface area contributed by atoms with Gasteiger partial charge in [-0.25, -0.2) is 0 Å². The standard InChI is InChI=1S/C9H16F3NO/c1-7(2)13-3-4-14-6-8(13)5-9(10,11)12/h7-8H,3-6H2,1-2H3/t8-/m0/s1. The van der Waals surface area contributed by atoms with Gasteiger partial charge in [0.15, 0.2) is 0 Å². The first-order valence-electron chi connectivity index (χ1n) is 4.80. The molecule has 1 aliphatic heterocycles. The lowest BCUT2D eigenvalue weighted by Gasteiger charge is -2.38. The Bertz CT molecular complexity index is 181. The average molecular weight is 211 g/mol. The van der Waals surface area contributed by atoms with Crippen molar-refractivity contribution >= 4 is 0 Å². The summed E-state index contributed by atoms with van der Waals surface area (Å²) in [5, 5.41) is 0. The molecule has 0 unspecified atom stereocenters. The third-order valence-corrected chi connectivity index (χ3v) is 2.40. The highest BCUT2D eigenvalue weighted by molar-refractivity contribution is 4.80. The fourth-order valence-corrected chi connectivity index (χ4v) is 1.79. The van der Waals surface area contributed by atoms with Gasteiger partial charge in [-0.1, -0.05) is 0 Å². The second-order valence-electron chi connectivity index (χ2n) is 3.88. The van der Waals surface area contributed by atoms with E-state index in [1.165, 1.54) is 0 Å². The Morgan fingerprint density at radius 1 is 1.43 bits per heavy atom. The molecule has 5 heteroatoms. The van der Waals surface area contributed by atoms with Crippen molar-refractivity contribution in [2.24, 2.45) is 0 Å². The van der Waals surface area contributed by atoms with E-state index in [1.54, 1.807) is 0 Å². The van der Waals surface area contributed by atoms with Crippen LogP contribution in [0.2, 0.25) is 0 Å². The zero-order chi connectivity index (χ0) is 10.8. The molecule has 1 atom stereocenters. The SMILES string of the molecule is CC(C)N1CCOC[C@@H]1CC(F)(F)F. The smallest absolute Gasteiger partial charge is 0.378 e. The maximum Gasteiger partial charge on any atom is 0.390 e. The van der Waals surface area contributed by atoms with E-state index in [-0.39, 0.29) is 12.6 Å². The van der Waals surface area contributed by atoms with E-state index in [4.69, 9.17) is 4.74 Å². The van der Waals surface area contributed by atoms with Crippen LogP contribution in [0.5, 0.6) is 0 Å². The Kier molecular flexibility index (Phi) is 3.78. The van der Waals surface area contributed by atoms with E-state index >= 15 is 0 Å². The van der Waals surface area contributed by atoms with Crippen LogP contribution in [-0.4, -0.2) is 42.9 Å². The molecule has 2 nitrogen and oxygen atoms in total. The highest BCUT2D eigenvalue weighted by Gasteiger charge is 2.36. The topological polar surface area (TPSA) is 12.5 Å². The summed E-state index contributed by atoms with van der Waals surface area (Å²) >= 11 is 0. The van der Waals surface area contributed by atoms with Crippen LogP contribution in [0.3, 0.4) is 0 Å². The van der Waals surface area contributed by atoms with Gasteiger partial charge in [0.1, 0.15) is 0 Å². The van der Waals surface area contributed by atoms with E-state index < -0.39 is 18.6 Å². The molecular weight excluding hydrogens is 195 g/mol. The minimum atomic E-state index is -4.10. The van der Waals surface area contributed by atoms with Crippen molar-refractivity contribution in [3.8, 4) is 0 Å². The highest BCUT2D eigenvalue weighted by atomic mass is 19.4. The van der Waals surface area contributed by atoms with Crippen molar-refractivity contribution in [2.45, 2.75) is 38.5 Å². The van der Waals surface area contributed by atoms with Gasteiger partial charge in [0.05, 0.1) is 19.6 Å². The fraction of sp³-hybridized carbons (Fsp3) is 1.00. The lowest BCUT2D eigenvalue weighted by Crippen LogP contribution is -2.50. The number of ether oxygens (including phenoxy) is 1. The first-order valence-corrected chi connectivity index (χ1v) is 4.80. The number of halogens is 3. The minimum Gasteiger partial charge on any atom is -0.378 e. The molecule has 0 aromatic carbocycles. The van der Waals surface area contributed by atoms with Gasteiger partial charge in [-0.3, -0.25) is 4.90 Å². The molecule has 0 N–H and O–H groups in total. The molecular formula is C9H16F3NO. The molecule has 0 radical (unpaired) electrons. The molecule has 0 bridgehead atoms. The van der Waals surface area contributed by atoms with Crippen LogP contribution in [-0.2, 0) is 4.74 Å². The van der Waals surface area contributed by atoms with Gasteiger partial charge >= 0.3 is 6.18 Å². The van der Waals surface area contributed by atoms with E-state index in [0.717, 1.165) is 0 Å². The van der Waals surface area contributed by atoms with Gasteiger partial charge in [-0.15, -0.1) is 0 Å². The molecule has 1 heterocycles. The molecule has 1 rings (SSSR count). The Morgan fingerprint density at radius 2 is 2.07 bits per heavy atom. The maximum atomic E-state index is 12.2. The Balaban J connectivity index is 2.54. The maximum absolute atomic E-state index is 12.2. The average Bonchev–Trinajstić information content (AvgIpc) is 2.01. The summed E-state index contributed by atoms with van der Waals surface area (Å²) in [7, 11) is 0. The van der Waals surface area contributed by atoms with Crippen molar-refractivity contribution in [3.63, 3.8) is 0 Å². The van der Waals surface area contributed by atoms with E-state index in [1.807, 2.05) is 18.7 Å². The largest absolute Gasteiger partial charge is 0.390 e. The Hall–Kier alpha value is -0.290. The van der Waals surface area contributed by atoms with Crippen LogP contribution in [0.15, 0.2) is 0 Å². The van der Waals surface area contributed by atoms with Gasteiger partial charge in [-0.2, -0.15) is 13.2 Å². The predicted molar refractivity (Wildman–Crippen MR) is 47.1 cm³/mol. The van der Waals surface area contributed by atoms with E-state index in [2.05, 4.69) is 0 Å². The first kappa shape index (κ1) is 11.8. The van der Waals surface area contributed by atoms with Crippen LogP contribution in [0.1, 0.15) is 20.3 Å². The van der Waals surface area contributed by atoms with E-state index in [0.29, 0.717) is 13.2 Å². The lowest BCUT2D eigenvalue weighted by molar-refractivity contribution is -0.161. The normalized spacial score (nSPS) is 25.7. The van der Waals surface area contributed by atoms with Crippen molar-refractivity contribution in [1.29, 1.82) is 0 Å². The molecule has 0 aromatic rings. The van der Waals surface area contributed by atoms with Crippen LogP contribution < -0.4 is 0 Å². The van der Waals surface area contributed by atoms with Crippen LogP contribution >= 0.6 is 0 Å². The second kappa shape index (κ2) is 4.49. The van der Waals surface area contributed by atoms with Gasteiger partial charge < -0.3 is 4.74 Å². The predicted octanol–water partition coefficient (Wildman–Crippen LogP) is 2.05. The number of nitrogens with zero attached hydrogens (tertiary/aromatic N) is 1. The van der Waals surface area contributed by atoms with Crippen LogP contribution in [0.25, 0.3) is 0 Å². The molecule has 0 aliphatic carbocycles. The Morgan fingerprint density at radius 3 is 2.57 bits per heavy atom. The second-order valence-corrected chi connectivity index (χ2v) is 3.88. The quantitative estimate of drug-likeness (QED) is 0.693. The summed E-state index contributed by atoms with van der Waals surface area (Å²) in [6.07, 6.45) is -4.87. The van der Waals surface area contributed by atoms with Gasteiger partial charge in [0.2, 0.25) is 0 Å². The van der Waals surface area contributed by atoms with Crippen molar-refractivity contribution < 1.29 is 17.9 Å². The number of rotatable bonds is 2. The number of morpholine rings is 1. The number of alkyl halides is 3. The van der Waals surface area contributed by atoms with Crippen molar-refractivity contribution in [3.05, 3.63) is 0 Å². The molecule has 0 aromatic heterocycles. The van der Waals surface area contributed by atoms with Gasteiger partial charge in [0, 0.05) is 18.6 Å². The molecule has 0 amide bonds. The zero-order valence-electron chi connectivity index (χ0n) is 8.47. The third-order valence-electron chi connectivity index (χ3n) is 2.40. The lowest BCUT2D eigenvalue weighted by atomic mass is 10.1. The number of hydrogen-bond acceptors (Lipinski definition) is 2. The summed E-state index contributed by atoms with van der Waals surface area (Å²) in [4.78, 5) is 1.86. The molecule has 14 heavy (non-hydrogen) atoms. The molecule has 0 saturated carbocycles. The summed E-state index contributed by atoms with van der Waals surface area (Å²) in [6.45, 7) is 5.14. The minimum absolute atomic E-state index is 0.145. The molecule has 1 aliphatic rings. The molecule has 1 fully saturated rings. The van der Waals surface area contributed by atoms with Crippen molar-refractivity contribution in [2.75, 3.05) is 19.8 Å². The molecule has 0 spiro atoms. The van der Waals surface area contributed by atoms with Gasteiger partial charge in [-0.05, 0) is 13.8 Å². The monoisotopic (exact) mass is 211 g/mol. The number of hydrogen-bond donors (Lipinski definition) is 0. The fourth-order valence-electron chi connectivity index (χ4n) is 1.79. The highest BCUT2D eigenvalue weighted by Crippen LogP contribution is 2.26. The molecule has 84 valence electrons. The van der Waals surface area contributed by atoms with Crippen LogP contribution in [0.4, 0.5) is 13.2 Å². The van der Waals surface area contributed by atoms with Crippen LogP contribution in [0, 0.1) is 0 Å². The van der Waals surface area contributed by atoms with Gasteiger partial charge in [0.25, 0.3) is 0 Å². The third kappa shape index (κ3) is 3.46. The first-order chi connectivity index (χ1) is 6.40.